The molecule has 0 radical (unpaired) electrons. The maximum Gasteiger partial charge on any atom is 0.333 e. The van der Waals surface area contributed by atoms with Crippen LogP contribution < -0.4 is 0 Å². The Bertz CT molecular complexity index is 216. The first-order chi connectivity index (χ1) is 6.25. The lowest BCUT2D eigenvalue weighted by molar-refractivity contribution is -0.136. The van der Waals surface area contributed by atoms with Crippen molar-refractivity contribution in [3.05, 3.63) is 11.1 Å². The molecule has 0 bridgehead atoms. The molecule has 2 heteroatoms. The summed E-state index contributed by atoms with van der Waals surface area (Å²) >= 11 is 0. The summed E-state index contributed by atoms with van der Waals surface area (Å²) < 4.78 is 4.76. The third-order valence-electron chi connectivity index (χ3n) is 2.68. The van der Waals surface area contributed by atoms with Gasteiger partial charge in [0.15, 0.2) is 0 Å². The van der Waals surface area contributed by atoms with E-state index in [9.17, 15) is 4.79 Å². The zero-order chi connectivity index (χ0) is 9.68. The van der Waals surface area contributed by atoms with Crippen LogP contribution in [-0.2, 0) is 9.53 Å². The summed E-state index contributed by atoms with van der Waals surface area (Å²) in [5.74, 6) is -0.126. The third-order valence-corrected chi connectivity index (χ3v) is 2.68. The lowest BCUT2D eigenvalue weighted by Crippen LogP contribution is -2.08. The molecule has 0 saturated carbocycles. The molecule has 13 heavy (non-hydrogen) atoms. The molecule has 0 unspecified atom stereocenters. The number of methoxy groups -OCH3 is 1. The van der Waals surface area contributed by atoms with E-state index in [4.69, 9.17) is 4.74 Å². The van der Waals surface area contributed by atoms with Crippen LogP contribution >= 0.6 is 0 Å². The number of esters is 1. The Balaban J connectivity index is 2.73. The fraction of sp³-hybridized carbons (Fsp3) is 0.727. The lowest BCUT2D eigenvalue weighted by atomic mass is 9.94. The molecule has 0 saturated heterocycles. The predicted molar refractivity (Wildman–Crippen MR) is 52.4 cm³/mol. The number of carbonyl (C=O) groups is 1. The summed E-state index contributed by atoms with van der Waals surface area (Å²) in [5.41, 5.74) is 2.15. The van der Waals surface area contributed by atoms with Crippen LogP contribution in [0.2, 0.25) is 0 Å². The lowest BCUT2D eigenvalue weighted by Gasteiger charge is -2.13. The zero-order valence-corrected chi connectivity index (χ0v) is 8.56. The molecule has 1 rings (SSSR count). The minimum Gasteiger partial charge on any atom is -0.466 e. The topological polar surface area (TPSA) is 26.3 Å². The molecule has 0 aliphatic heterocycles. The van der Waals surface area contributed by atoms with E-state index in [0.717, 1.165) is 24.8 Å². The molecule has 0 aromatic heterocycles. The Labute approximate surface area is 80.0 Å². The van der Waals surface area contributed by atoms with Crippen LogP contribution in [0.5, 0.6) is 0 Å². The Morgan fingerprint density at radius 2 is 1.77 bits per heavy atom. The van der Waals surface area contributed by atoms with Gasteiger partial charge in [0.25, 0.3) is 0 Å². The molecule has 2 nitrogen and oxygen atoms in total. The molecule has 0 fully saturated rings. The highest BCUT2D eigenvalue weighted by atomic mass is 16.5. The van der Waals surface area contributed by atoms with Crippen molar-refractivity contribution in [2.75, 3.05) is 7.11 Å². The van der Waals surface area contributed by atoms with Gasteiger partial charge in [-0.2, -0.15) is 0 Å². The van der Waals surface area contributed by atoms with Gasteiger partial charge in [-0.1, -0.05) is 18.4 Å². The summed E-state index contributed by atoms with van der Waals surface area (Å²) in [7, 11) is 1.46. The van der Waals surface area contributed by atoms with Crippen molar-refractivity contribution < 1.29 is 9.53 Å². The van der Waals surface area contributed by atoms with Gasteiger partial charge in [0.05, 0.1) is 7.11 Å². The average Bonchev–Trinajstić information content (AvgIpc) is 2.11. The molecule has 0 N–H and O–H groups in total. The maximum absolute atomic E-state index is 11.4. The van der Waals surface area contributed by atoms with E-state index in [1.807, 2.05) is 0 Å². The minimum atomic E-state index is -0.126. The number of rotatable bonds is 1. The maximum atomic E-state index is 11.4. The third kappa shape index (κ3) is 2.87. The van der Waals surface area contributed by atoms with Crippen molar-refractivity contribution in [3.63, 3.8) is 0 Å². The van der Waals surface area contributed by atoms with E-state index in [-0.39, 0.29) is 5.97 Å². The van der Waals surface area contributed by atoms with Crippen molar-refractivity contribution in [3.8, 4) is 0 Å². The SMILES string of the molecule is COC(=O)/C1=C(\C)CCCCCC1. The van der Waals surface area contributed by atoms with Crippen molar-refractivity contribution >= 4 is 5.97 Å². The molecule has 0 amide bonds. The average molecular weight is 182 g/mol. The second kappa shape index (κ2) is 5.05. The van der Waals surface area contributed by atoms with E-state index >= 15 is 0 Å². The summed E-state index contributed by atoms with van der Waals surface area (Å²) in [4.78, 5) is 11.4. The Hall–Kier alpha value is -0.790. The van der Waals surface area contributed by atoms with Gasteiger partial charge in [0.1, 0.15) is 0 Å². The first kappa shape index (κ1) is 10.3. The standard InChI is InChI=1S/C11H18O2/c1-9-7-5-3-4-6-8-10(9)11(12)13-2/h3-8H2,1-2H3/b10-9+. The predicted octanol–water partition coefficient (Wildman–Crippen LogP) is 2.83. The zero-order valence-electron chi connectivity index (χ0n) is 8.56. The molecular weight excluding hydrogens is 164 g/mol. The van der Waals surface area contributed by atoms with Crippen molar-refractivity contribution in [1.82, 2.24) is 0 Å². The van der Waals surface area contributed by atoms with Crippen LogP contribution in [-0.4, -0.2) is 13.1 Å². The van der Waals surface area contributed by atoms with Gasteiger partial charge in [-0.15, -0.1) is 0 Å². The van der Waals surface area contributed by atoms with Crippen LogP contribution in [0.1, 0.15) is 45.4 Å². The van der Waals surface area contributed by atoms with Gasteiger partial charge in [-0.3, -0.25) is 0 Å². The minimum absolute atomic E-state index is 0.126. The van der Waals surface area contributed by atoms with E-state index < -0.39 is 0 Å². The summed E-state index contributed by atoms with van der Waals surface area (Å²) in [5, 5.41) is 0. The molecule has 1 aliphatic carbocycles. The van der Waals surface area contributed by atoms with Gasteiger partial charge in [0.2, 0.25) is 0 Å². The molecule has 0 heterocycles. The van der Waals surface area contributed by atoms with E-state index in [1.54, 1.807) is 0 Å². The second-order valence-electron chi connectivity index (χ2n) is 3.66. The normalized spacial score (nSPS) is 24.8. The van der Waals surface area contributed by atoms with Gasteiger partial charge >= 0.3 is 5.97 Å². The largest absolute Gasteiger partial charge is 0.466 e. The quantitative estimate of drug-likeness (QED) is 0.583. The van der Waals surface area contributed by atoms with Crippen molar-refractivity contribution in [2.24, 2.45) is 0 Å². The fourth-order valence-corrected chi connectivity index (χ4v) is 1.81. The monoisotopic (exact) mass is 182 g/mol. The van der Waals surface area contributed by atoms with Crippen LogP contribution in [0.25, 0.3) is 0 Å². The fourth-order valence-electron chi connectivity index (χ4n) is 1.81. The van der Waals surface area contributed by atoms with Crippen LogP contribution in [0.4, 0.5) is 0 Å². The Morgan fingerprint density at radius 1 is 1.15 bits per heavy atom. The number of allylic oxidation sites excluding steroid dienone is 1. The molecule has 1 aliphatic rings. The number of hydrogen-bond donors (Lipinski definition) is 0. The summed E-state index contributed by atoms with van der Waals surface area (Å²) in [6.07, 6.45) is 6.84. The van der Waals surface area contributed by atoms with E-state index in [1.165, 1.54) is 31.9 Å². The summed E-state index contributed by atoms with van der Waals surface area (Å²) in [6, 6.07) is 0. The Kier molecular flexibility index (Phi) is 4.00. The number of ether oxygens (including phenoxy) is 1. The first-order valence-corrected chi connectivity index (χ1v) is 5.02. The second-order valence-corrected chi connectivity index (χ2v) is 3.66. The summed E-state index contributed by atoms with van der Waals surface area (Å²) in [6.45, 7) is 2.05. The Morgan fingerprint density at radius 3 is 2.38 bits per heavy atom. The number of hydrogen-bond acceptors (Lipinski definition) is 2. The highest BCUT2D eigenvalue weighted by molar-refractivity contribution is 5.89. The van der Waals surface area contributed by atoms with Crippen LogP contribution in [0, 0.1) is 0 Å². The molecule has 0 atom stereocenters. The van der Waals surface area contributed by atoms with Gasteiger partial charge in [0, 0.05) is 5.57 Å². The highest BCUT2D eigenvalue weighted by Crippen LogP contribution is 2.23. The van der Waals surface area contributed by atoms with Gasteiger partial charge in [-0.05, 0) is 32.6 Å². The molecular formula is C11H18O2. The molecule has 74 valence electrons. The first-order valence-electron chi connectivity index (χ1n) is 5.02. The van der Waals surface area contributed by atoms with Crippen molar-refractivity contribution in [2.45, 2.75) is 45.4 Å². The van der Waals surface area contributed by atoms with E-state index in [0.29, 0.717) is 0 Å². The van der Waals surface area contributed by atoms with Gasteiger partial charge < -0.3 is 4.74 Å². The van der Waals surface area contributed by atoms with E-state index in [2.05, 4.69) is 6.92 Å². The number of carbonyl (C=O) groups excluding carboxylic acids is 1. The highest BCUT2D eigenvalue weighted by Gasteiger charge is 2.14. The van der Waals surface area contributed by atoms with Crippen LogP contribution in [0.15, 0.2) is 11.1 Å². The molecule has 0 aromatic carbocycles. The molecule has 0 spiro atoms. The molecule has 0 aromatic rings. The smallest absolute Gasteiger partial charge is 0.333 e. The van der Waals surface area contributed by atoms with Gasteiger partial charge in [-0.25, -0.2) is 4.79 Å². The van der Waals surface area contributed by atoms with Crippen molar-refractivity contribution in [1.29, 1.82) is 0 Å². The van der Waals surface area contributed by atoms with Crippen LogP contribution in [0.3, 0.4) is 0 Å².